The average Bonchev–Trinajstić information content (AvgIpc) is 2.97. The van der Waals surface area contributed by atoms with Gasteiger partial charge in [0.05, 0.1) is 7.11 Å². The molecule has 0 saturated heterocycles. The van der Waals surface area contributed by atoms with E-state index in [2.05, 4.69) is 0 Å². The van der Waals surface area contributed by atoms with Crippen molar-refractivity contribution in [2.45, 2.75) is 6.61 Å². The summed E-state index contributed by atoms with van der Waals surface area (Å²) in [5.74, 6) is -0.713. The minimum absolute atomic E-state index is 0.0218. The Balaban J connectivity index is 1.70. The Kier molecular flexibility index (Phi) is 4.06. The van der Waals surface area contributed by atoms with E-state index >= 15 is 0 Å². The van der Waals surface area contributed by atoms with Crippen molar-refractivity contribution in [1.29, 1.82) is 0 Å². The second-order valence-electron chi connectivity index (χ2n) is 4.69. The number of thiophene rings is 1. The zero-order chi connectivity index (χ0) is 15.5. The van der Waals surface area contributed by atoms with Crippen LogP contribution in [-0.2, 0) is 11.3 Å². The monoisotopic (exact) mass is 316 g/mol. The van der Waals surface area contributed by atoms with Crippen LogP contribution in [-0.4, -0.2) is 13.1 Å². The van der Waals surface area contributed by atoms with Gasteiger partial charge in [-0.25, -0.2) is 9.18 Å². The molecular formula is C17H13FO3S. The zero-order valence-electron chi connectivity index (χ0n) is 11.8. The van der Waals surface area contributed by atoms with Gasteiger partial charge in [-0.2, -0.15) is 0 Å². The number of benzene rings is 2. The minimum Gasteiger partial charge on any atom is -0.494 e. The molecule has 0 spiro atoms. The maximum atomic E-state index is 13.6. The molecule has 5 heteroatoms. The van der Waals surface area contributed by atoms with Crippen molar-refractivity contribution in [3.8, 4) is 5.75 Å². The molecule has 0 N–H and O–H groups in total. The molecule has 1 aromatic heterocycles. The topological polar surface area (TPSA) is 35.5 Å². The quantitative estimate of drug-likeness (QED) is 0.669. The molecule has 0 aliphatic rings. The van der Waals surface area contributed by atoms with E-state index in [1.54, 1.807) is 12.1 Å². The van der Waals surface area contributed by atoms with Gasteiger partial charge in [-0.05, 0) is 35.2 Å². The van der Waals surface area contributed by atoms with Crippen LogP contribution in [0, 0.1) is 5.82 Å². The van der Waals surface area contributed by atoms with Crippen molar-refractivity contribution in [3.05, 3.63) is 64.8 Å². The maximum absolute atomic E-state index is 13.6. The highest BCUT2D eigenvalue weighted by molar-refractivity contribution is 7.20. The third-order valence-electron chi connectivity index (χ3n) is 3.21. The van der Waals surface area contributed by atoms with Crippen LogP contribution in [0.3, 0.4) is 0 Å². The summed E-state index contributed by atoms with van der Waals surface area (Å²) in [6.45, 7) is 0.0218. The van der Waals surface area contributed by atoms with E-state index < -0.39 is 11.8 Å². The molecule has 0 radical (unpaired) electrons. The van der Waals surface area contributed by atoms with Gasteiger partial charge < -0.3 is 9.47 Å². The smallest absolute Gasteiger partial charge is 0.348 e. The number of hydrogen-bond donors (Lipinski definition) is 0. The van der Waals surface area contributed by atoms with Crippen LogP contribution >= 0.6 is 11.3 Å². The van der Waals surface area contributed by atoms with Crippen LogP contribution in [0.5, 0.6) is 5.75 Å². The molecule has 1 heterocycles. The minimum atomic E-state index is -0.474. The second-order valence-corrected chi connectivity index (χ2v) is 5.78. The Hall–Kier alpha value is -2.40. The lowest BCUT2D eigenvalue weighted by Crippen LogP contribution is -2.03. The average molecular weight is 316 g/mol. The number of ether oxygens (including phenoxy) is 2. The summed E-state index contributed by atoms with van der Waals surface area (Å²) in [6, 6.07) is 14.0. The predicted octanol–water partition coefficient (Wildman–Crippen LogP) is 4.41. The molecule has 0 unspecified atom stereocenters. The lowest BCUT2D eigenvalue weighted by molar-refractivity contribution is 0.0478. The van der Waals surface area contributed by atoms with E-state index in [1.165, 1.54) is 30.6 Å². The van der Waals surface area contributed by atoms with Crippen LogP contribution in [0.1, 0.15) is 15.2 Å². The molecule has 0 aliphatic carbocycles. The standard InChI is InChI=1S/C17H13FO3S/c1-20-14-7-6-11(8-13(14)18)10-21-17(19)16-9-12-4-2-3-5-15(12)22-16/h2-9H,10H2,1H3. The number of carbonyl (C=O) groups is 1. The number of rotatable bonds is 4. The number of fused-ring (bicyclic) bond motifs is 1. The van der Waals surface area contributed by atoms with Crippen LogP contribution in [0.2, 0.25) is 0 Å². The molecule has 0 amide bonds. The zero-order valence-corrected chi connectivity index (χ0v) is 12.7. The summed E-state index contributed by atoms with van der Waals surface area (Å²) in [4.78, 5) is 12.6. The third kappa shape index (κ3) is 2.94. The highest BCUT2D eigenvalue weighted by Gasteiger charge is 2.12. The molecule has 0 aliphatic heterocycles. The Bertz CT molecular complexity index is 793. The van der Waals surface area contributed by atoms with Crippen LogP contribution < -0.4 is 4.74 Å². The van der Waals surface area contributed by atoms with Gasteiger partial charge in [0, 0.05) is 4.70 Å². The molecule has 2 aromatic carbocycles. The summed E-state index contributed by atoms with van der Waals surface area (Å²) >= 11 is 1.38. The first-order chi connectivity index (χ1) is 10.7. The number of esters is 1. The normalized spacial score (nSPS) is 10.6. The Morgan fingerprint density at radius 2 is 2.00 bits per heavy atom. The van der Waals surface area contributed by atoms with E-state index in [-0.39, 0.29) is 12.4 Å². The summed E-state index contributed by atoms with van der Waals surface area (Å²) in [7, 11) is 1.40. The Labute approximate surface area is 130 Å². The van der Waals surface area contributed by atoms with Crippen molar-refractivity contribution < 1.29 is 18.7 Å². The largest absolute Gasteiger partial charge is 0.494 e. The number of halogens is 1. The van der Waals surface area contributed by atoms with Crippen molar-refractivity contribution in [1.82, 2.24) is 0 Å². The molecular weight excluding hydrogens is 303 g/mol. The Morgan fingerprint density at radius 1 is 1.18 bits per heavy atom. The summed E-state index contributed by atoms with van der Waals surface area (Å²) in [6.07, 6.45) is 0. The molecule has 3 rings (SSSR count). The van der Waals surface area contributed by atoms with Gasteiger partial charge in [0.15, 0.2) is 11.6 Å². The molecule has 0 saturated carbocycles. The number of methoxy groups -OCH3 is 1. The summed E-state index contributed by atoms with van der Waals surface area (Å²) < 4.78 is 24.7. The molecule has 3 aromatic rings. The number of carbonyl (C=O) groups excluding carboxylic acids is 1. The highest BCUT2D eigenvalue weighted by Crippen LogP contribution is 2.26. The van der Waals surface area contributed by atoms with Crippen molar-refractivity contribution in [2.24, 2.45) is 0 Å². The van der Waals surface area contributed by atoms with Gasteiger partial charge in [0.2, 0.25) is 0 Å². The van der Waals surface area contributed by atoms with Gasteiger partial charge in [-0.3, -0.25) is 0 Å². The van der Waals surface area contributed by atoms with Gasteiger partial charge in [0.1, 0.15) is 11.5 Å². The summed E-state index contributed by atoms with van der Waals surface area (Å²) in [5, 5.41) is 1.01. The fourth-order valence-corrected chi connectivity index (χ4v) is 3.06. The lowest BCUT2D eigenvalue weighted by Gasteiger charge is -2.06. The van der Waals surface area contributed by atoms with Gasteiger partial charge in [0.25, 0.3) is 0 Å². The Morgan fingerprint density at radius 3 is 2.73 bits per heavy atom. The first-order valence-electron chi connectivity index (χ1n) is 6.65. The SMILES string of the molecule is COc1ccc(COC(=O)c2cc3ccccc3s2)cc1F. The molecule has 112 valence electrons. The predicted molar refractivity (Wildman–Crippen MR) is 83.9 cm³/mol. The van der Waals surface area contributed by atoms with Crippen molar-refractivity contribution in [3.63, 3.8) is 0 Å². The van der Waals surface area contributed by atoms with Crippen molar-refractivity contribution >= 4 is 27.4 Å². The maximum Gasteiger partial charge on any atom is 0.348 e. The van der Waals surface area contributed by atoms with Gasteiger partial charge in [-0.15, -0.1) is 11.3 Å². The van der Waals surface area contributed by atoms with E-state index in [0.29, 0.717) is 10.4 Å². The molecule has 22 heavy (non-hydrogen) atoms. The first-order valence-corrected chi connectivity index (χ1v) is 7.47. The van der Waals surface area contributed by atoms with Crippen LogP contribution in [0.25, 0.3) is 10.1 Å². The van der Waals surface area contributed by atoms with Crippen LogP contribution in [0.4, 0.5) is 4.39 Å². The fraction of sp³-hybridized carbons (Fsp3) is 0.118. The summed E-state index contributed by atoms with van der Waals surface area (Å²) in [5.41, 5.74) is 0.577. The van der Waals surface area contributed by atoms with Crippen LogP contribution in [0.15, 0.2) is 48.5 Å². The van der Waals surface area contributed by atoms with E-state index in [4.69, 9.17) is 9.47 Å². The van der Waals surface area contributed by atoms with E-state index in [0.717, 1.165) is 10.1 Å². The lowest BCUT2D eigenvalue weighted by atomic mass is 10.2. The highest BCUT2D eigenvalue weighted by atomic mass is 32.1. The molecule has 3 nitrogen and oxygen atoms in total. The molecule has 0 atom stereocenters. The second kappa shape index (κ2) is 6.15. The third-order valence-corrected chi connectivity index (χ3v) is 4.31. The fourth-order valence-electron chi connectivity index (χ4n) is 2.10. The molecule has 0 fully saturated rings. The van der Waals surface area contributed by atoms with Crippen molar-refractivity contribution in [2.75, 3.05) is 7.11 Å². The van der Waals surface area contributed by atoms with E-state index in [9.17, 15) is 9.18 Å². The first kappa shape index (κ1) is 14.5. The van der Waals surface area contributed by atoms with E-state index in [1.807, 2.05) is 24.3 Å². The van der Waals surface area contributed by atoms with Gasteiger partial charge >= 0.3 is 5.97 Å². The number of hydrogen-bond acceptors (Lipinski definition) is 4. The van der Waals surface area contributed by atoms with Gasteiger partial charge in [-0.1, -0.05) is 24.3 Å². The molecule has 0 bridgehead atoms.